The summed E-state index contributed by atoms with van der Waals surface area (Å²) in [6.45, 7) is 1.05. The van der Waals surface area contributed by atoms with Crippen LogP contribution in [0.5, 0.6) is 0 Å². The van der Waals surface area contributed by atoms with Crippen LogP contribution in [0.3, 0.4) is 0 Å². The molecule has 3 aromatic rings. The first-order valence-corrected chi connectivity index (χ1v) is 11.6. The highest BCUT2D eigenvalue weighted by atomic mass is 32.2. The summed E-state index contributed by atoms with van der Waals surface area (Å²) in [7, 11) is -1.36. The van der Waals surface area contributed by atoms with Crippen LogP contribution < -0.4 is 0 Å². The normalized spacial score (nSPS) is 20.7. The van der Waals surface area contributed by atoms with Crippen molar-refractivity contribution in [2.24, 2.45) is 0 Å². The van der Waals surface area contributed by atoms with Crippen LogP contribution in [0, 0.1) is 5.82 Å². The number of carbonyl (C=O) groups excluding carboxylic acids is 2. The number of carbonyl (C=O) groups is 2. The molecule has 0 saturated carbocycles. The molecule has 1 spiro atoms. The molecule has 2 fully saturated rings. The highest BCUT2D eigenvalue weighted by Crippen LogP contribution is 2.39. The highest BCUT2D eigenvalue weighted by molar-refractivity contribution is 7.87. The molecule has 1 unspecified atom stereocenters. The lowest BCUT2D eigenvalue weighted by Crippen LogP contribution is -2.55. The van der Waals surface area contributed by atoms with E-state index in [0.29, 0.717) is 37.1 Å². The van der Waals surface area contributed by atoms with Crippen LogP contribution in [0.15, 0.2) is 54.7 Å². The number of halogens is 1. The summed E-state index contributed by atoms with van der Waals surface area (Å²) in [5.41, 5.74) is 2.21. The number of likely N-dealkylation sites (tertiary alicyclic amines) is 1. The Kier molecular flexibility index (Phi) is 4.89. The average Bonchev–Trinajstić information content (AvgIpc) is 3.33. The van der Waals surface area contributed by atoms with E-state index in [1.807, 2.05) is 30.5 Å². The highest BCUT2D eigenvalue weighted by Gasteiger charge is 2.53. The number of hydrogen-bond acceptors (Lipinski definition) is 3. The molecule has 2 aromatic carbocycles. The molecule has 2 amide bonds. The van der Waals surface area contributed by atoms with Gasteiger partial charge in [0.2, 0.25) is 5.91 Å². The van der Waals surface area contributed by atoms with Crippen molar-refractivity contribution in [1.29, 1.82) is 0 Å². The number of H-pyrrole nitrogens is 1. The van der Waals surface area contributed by atoms with Gasteiger partial charge in [0.15, 0.2) is 0 Å². The van der Waals surface area contributed by atoms with Gasteiger partial charge in [0.05, 0.1) is 10.8 Å². The van der Waals surface area contributed by atoms with Gasteiger partial charge in [-0.2, -0.15) is 0 Å². The third-order valence-corrected chi connectivity index (χ3v) is 8.34. The maximum atomic E-state index is 13.6. The van der Waals surface area contributed by atoms with E-state index in [0.717, 1.165) is 10.9 Å². The third-order valence-electron chi connectivity index (χ3n) is 6.36. The predicted octanol–water partition coefficient (Wildman–Crippen LogP) is 3.03. The van der Waals surface area contributed by atoms with Gasteiger partial charge < -0.3 is 14.8 Å². The lowest BCUT2D eigenvalue weighted by atomic mass is 9.99. The van der Waals surface area contributed by atoms with Crippen LogP contribution in [-0.4, -0.2) is 54.5 Å². The molecule has 3 heterocycles. The number of aromatic nitrogens is 1. The molecule has 1 atom stereocenters. The summed E-state index contributed by atoms with van der Waals surface area (Å²) in [4.78, 5) is 31.6. The molecule has 31 heavy (non-hydrogen) atoms. The minimum absolute atomic E-state index is 0.0219. The minimum atomic E-state index is -1.36. The Balaban J connectivity index is 1.37. The Morgan fingerprint density at radius 2 is 1.90 bits per heavy atom. The maximum Gasteiger partial charge on any atom is 0.254 e. The number of hydrogen-bond donors (Lipinski definition) is 1. The van der Waals surface area contributed by atoms with Crippen LogP contribution >= 0.6 is 0 Å². The standard InChI is InChI=1S/C23H22FN3O3S/c24-17-4-1-3-16(13-17)14-27-21(28)15-31(30)23(27)8-11-26(12-9-23)22(29)19-5-2-6-20-18(19)7-10-25-20/h1-7,10,13,25H,8-9,11-12,14-15H2. The molecule has 6 nitrogen and oxygen atoms in total. The van der Waals surface area contributed by atoms with E-state index in [9.17, 15) is 18.2 Å². The van der Waals surface area contributed by atoms with Crippen molar-refractivity contribution < 1.29 is 18.2 Å². The first-order chi connectivity index (χ1) is 15.0. The van der Waals surface area contributed by atoms with Crippen molar-refractivity contribution in [3.05, 3.63) is 71.7 Å². The molecule has 0 radical (unpaired) electrons. The second kappa shape index (κ2) is 7.60. The lowest BCUT2D eigenvalue weighted by Gasteiger charge is -2.43. The second-order valence-electron chi connectivity index (χ2n) is 8.08. The number of nitrogens with one attached hydrogen (secondary N) is 1. The second-order valence-corrected chi connectivity index (χ2v) is 9.82. The Labute approximate surface area is 181 Å². The summed E-state index contributed by atoms with van der Waals surface area (Å²) in [6, 6.07) is 13.6. The van der Waals surface area contributed by atoms with Gasteiger partial charge in [0.25, 0.3) is 5.91 Å². The third kappa shape index (κ3) is 3.35. The number of nitrogens with zero attached hydrogens (tertiary/aromatic N) is 2. The van der Waals surface area contributed by atoms with Crippen molar-refractivity contribution in [3.63, 3.8) is 0 Å². The number of aromatic amines is 1. The SMILES string of the molecule is O=C(c1cccc2[nH]ccc12)N1CCC2(CC1)N(Cc1cccc(F)c1)C(=O)CS2=O. The fourth-order valence-corrected chi connectivity index (χ4v) is 6.42. The van der Waals surface area contributed by atoms with Gasteiger partial charge >= 0.3 is 0 Å². The average molecular weight is 440 g/mol. The van der Waals surface area contributed by atoms with Crippen LogP contribution in [0.25, 0.3) is 10.9 Å². The zero-order chi connectivity index (χ0) is 21.6. The fourth-order valence-electron chi connectivity index (χ4n) is 4.72. The Morgan fingerprint density at radius 1 is 1.13 bits per heavy atom. The Bertz CT molecular complexity index is 1200. The van der Waals surface area contributed by atoms with Crippen molar-refractivity contribution in [1.82, 2.24) is 14.8 Å². The first-order valence-electron chi connectivity index (χ1n) is 10.3. The van der Waals surface area contributed by atoms with Crippen LogP contribution in [-0.2, 0) is 22.1 Å². The molecule has 1 aromatic heterocycles. The smallest absolute Gasteiger partial charge is 0.254 e. The van der Waals surface area contributed by atoms with Gasteiger partial charge in [0.1, 0.15) is 16.4 Å². The van der Waals surface area contributed by atoms with Crippen molar-refractivity contribution in [2.45, 2.75) is 24.3 Å². The van der Waals surface area contributed by atoms with Gasteiger partial charge in [-0.1, -0.05) is 18.2 Å². The van der Waals surface area contributed by atoms with Crippen LogP contribution in [0.1, 0.15) is 28.8 Å². The van der Waals surface area contributed by atoms with E-state index < -0.39 is 15.7 Å². The predicted molar refractivity (Wildman–Crippen MR) is 116 cm³/mol. The number of rotatable bonds is 3. The van der Waals surface area contributed by atoms with E-state index in [1.54, 1.807) is 21.9 Å². The lowest BCUT2D eigenvalue weighted by molar-refractivity contribution is -0.131. The van der Waals surface area contributed by atoms with Crippen molar-refractivity contribution in [3.8, 4) is 0 Å². The van der Waals surface area contributed by atoms with Gasteiger partial charge in [0, 0.05) is 55.1 Å². The molecule has 0 bridgehead atoms. The van der Waals surface area contributed by atoms with E-state index in [4.69, 9.17) is 0 Å². The monoisotopic (exact) mass is 439 g/mol. The molecule has 2 aliphatic rings. The Morgan fingerprint density at radius 3 is 2.68 bits per heavy atom. The van der Waals surface area contributed by atoms with Gasteiger partial charge in [-0.3, -0.25) is 13.8 Å². The van der Waals surface area contributed by atoms with Crippen LogP contribution in [0.4, 0.5) is 4.39 Å². The van der Waals surface area contributed by atoms with Crippen molar-refractivity contribution in [2.75, 3.05) is 18.8 Å². The summed E-state index contributed by atoms with van der Waals surface area (Å²) in [5.74, 6) is -0.628. The van der Waals surface area contributed by atoms with E-state index in [1.165, 1.54) is 12.1 Å². The quantitative estimate of drug-likeness (QED) is 0.682. The molecular weight excluding hydrogens is 417 g/mol. The molecule has 2 aliphatic heterocycles. The molecule has 8 heteroatoms. The Hall–Kier alpha value is -3.00. The zero-order valence-electron chi connectivity index (χ0n) is 16.8. The number of benzene rings is 2. The summed E-state index contributed by atoms with van der Waals surface area (Å²) in [6.07, 6.45) is 2.69. The molecular formula is C23H22FN3O3S. The summed E-state index contributed by atoms with van der Waals surface area (Å²) < 4.78 is 26.6. The van der Waals surface area contributed by atoms with Crippen molar-refractivity contribution >= 4 is 33.5 Å². The molecule has 0 aliphatic carbocycles. The largest absolute Gasteiger partial charge is 0.361 e. The fraction of sp³-hybridized carbons (Fsp3) is 0.304. The summed E-state index contributed by atoms with van der Waals surface area (Å²) in [5, 5.41) is 0.875. The molecule has 2 saturated heterocycles. The number of amides is 2. The number of fused-ring (bicyclic) bond motifs is 1. The number of piperidine rings is 1. The molecule has 160 valence electrons. The zero-order valence-corrected chi connectivity index (χ0v) is 17.7. The first kappa shape index (κ1) is 19.9. The minimum Gasteiger partial charge on any atom is -0.361 e. The van der Waals surface area contributed by atoms with Crippen LogP contribution in [0.2, 0.25) is 0 Å². The molecule has 1 N–H and O–H groups in total. The van der Waals surface area contributed by atoms with Gasteiger partial charge in [-0.05, 0) is 35.9 Å². The van der Waals surface area contributed by atoms with E-state index in [2.05, 4.69) is 4.98 Å². The topological polar surface area (TPSA) is 73.5 Å². The van der Waals surface area contributed by atoms with E-state index >= 15 is 0 Å². The van der Waals surface area contributed by atoms with Gasteiger partial charge in [-0.25, -0.2) is 4.39 Å². The van der Waals surface area contributed by atoms with E-state index in [-0.39, 0.29) is 29.9 Å². The maximum absolute atomic E-state index is 13.6. The summed E-state index contributed by atoms with van der Waals surface area (Å²) >= 11 is 0. The molecule has 5 rings (SSSR count). The van der Waals surface area contributed by atoms with Gasteiger partial charge in [-0.15, -0.1) is 0 Å².